The Morgan fingerprint density at radius 3 is 2.86 bits per heavy atom. The lowest BCUT2D eigenvalue weighted by atomic mass is 10.00. The van der Waals surface area contributed by atoms with Gasteiger partial charge in [-0.3, -0.25) is 10.1 Å². The molecule has 1 fully saturated rings. The first-order valence-corrected chi connectivity index (χ1v) is 6.54. The highest BCUT2D eigenvalue weighted by Crippen LogP contribution is 2.33. The van der Waals surface area contributed by atoms with Gasteiger partial charge in [-0.15, -0.1) is 0 Å². The third-order valence-corrected chi connectivity index (χ3v) is 3.35. The van der Waals surface area contributed by atoms with Crippen molar-refractivity contribution in [3.63, 3.8) is 0 Å². The molecule has 0 aliphatic carbocycles. The Morgan fingerprint density at radius 2 is 2.29 bits per heavy atom. The van der Waals surface area contributed by atoms with Crippen molar-refractivity contribution in [3.8, 4) is 0 Å². The number of pyridine rings is 1. The van der Waals surface area contributed by atoms with E-state index in [1.165, 1.54) is 0 Å². The topological polar surface area (TPSA) is 80.1 Å². The quantitative estimate of drug-likeness (QED) is 0.659. The highest BCUT2D eigenvalue weighted by molar-refractivity contribution is 5.61. The normalized spacial score (nSPS) is 19.3. The van der Waals surface area contributed by atoms with Crippen LogP contribution in [0, 0.1) is 16.0 Å². The largest absolute Gasteiger partial charge is 0.433 e. The number of halogens is 3. The zero-order chi connectivity index (χ0) is 15.5. The Balaban J connectivity index is 2.16. The molecular formula is C12H15F3N4O2. The highest BCUT2D eigenvalue weighted by Gasteiger charge is 2.34. The molecule has 2 heterocycles. The molecule has 0 amide bonds. The maximum atomic E-state index is 12.6. The summed E-state index contributed by atoms with van der Waals surface area (Å²) >= 11 is 0. The van der Waals surface area contributed by atoms with E-state index in [1.54, 1.807) is 0 Å². The number of nitrogens with one attached hydrogen (secondary N) is 2. The summed E-state index contributed by atoms with van der Waals surface area (Å²) in [6.07, 6.45) is -2.06. The third-order valence-electron chi connectivity index (χ3n) is 3.35. The average molecular weight is 304 g/mol. The fraction of sp³-hybridized carbons (Fsp3) is 0.583. The van der Waals surface area contributed by atoms with Crippen LogP contribution in [-0.2, 0) is 6.18 Å². The number of hydrogen-bond donors (Lipinski definition) is 2. The second-order valence-corrected chi connectivity index (χ2v) is 4.93. The van der Waals surface area contributed by atoms with Crippen molar-refractivity contribution in [2.45, 2.75) is 19.0 Å². The van der Waals surface area contributed by atoms with E-state index in [9.17, 15) is 23.3 Å². The van der Waals surface area contributed by atoms with E-state index in [0.717, 1.165) is 25.9 Å². The van der Waals surface area contributed by atoms with Gasteiger partial charge in [-0.25, -0.2) is 4.98 Å². The molecule has 1 aliphatic heterocycles. The first-order chi connectivity index (χ1) is 9.88. The van der Waals surface area contributed by atoms with Crippen LogP contribution in [0.1, 0.15) is 18.5 Å². The van der Waals surface area contributed by atoms with Crippen molar-refractivity contribution < 1.29 is 18.1 Å². The predicted octanol–water partition coefficient (Wildman–Crippen LogP) is 2.42. The summed E-state index contributed by atoms with van der Waals surface area (Å²) in [6, 6.07) is 0.689. The van der Waals surface area contributed by atoms with Gasteiger partial charge in [-0.1, -0.05) is 0 Å². The summed E-state index contributed by atoms with van der Waals surface area (Å²) in [6.45, 7) is 2.05. The zero-order valence-corrected chi connectivity index (χ0v) is 11.1. The van der Waals surface area contributed by atoms with Crippen LogP contribution in [0.5, 0.6) is 0 Å². The SMILES string of the molecule is O=[N+]([O-])c1cnc(C(F)(F)F)cc1NCC1CCCNC1. The van der Waals surface area contributed by atoms with Crippen LogP contribution in [0.4, 0.5) is 24.5 Å². The lowest BCUT2D eigenvalue weighted by molar-refractivity contribution is -0.384. The number of piperidine rings is 1. The van der Waals surface area contributed by atoms with Gasteiger partial charge < -0.3 is 10.6 Å². The molecule has 1 aromatic rings. The van der Waals surface area contributed by atoms with Crippen LogP contribution < -0.4 is 10.6 Å². The maximum Gasteiger partial charge on any atom is 0.433 e. The molecule has 21 heavy (non-hydrogen) atoms. The Kier molecular flexibility index (Phi) is 4.61. The number of anilines is 1. The average Bonchev–Trinajstić information content (AvgIpc) is 2.45. The summed E-state index contributed by atoms with van der Waals surface area (Å²) in [7, 11) is 0. The smallest absolute Gasteiger partial charge is 0.379 e. The number of nitrogens with zero attached hydrogens (tertiary/aromatic N) is 2. The fourth-order valence-corrected chi connectivity index (χ4v) is 2.24. The summed E-state index contributed by atoms with van der Waals surface area (Å²) < 4.78 is 37.9. The molecule has 0 spiro atoms. The minimum atomic E-state index is -4.63. The molecule has 1 aliphatic rings. The zero-order valence-electron chi connectivity index (χ0n) is 11.1. The van der Waals surface area contributed by atoms with E-state index < -0.39 is 22.5 Å². The van der Waals surface area contributed by atoms with Crippen molar-refractivity contribution in [2.75, 3.05) is 25.0 Å². The standard InChI is InChI=1S/C12H15F3N4O2/c13-12(14,15)11-4-9(10(7-18-11)19(20)21)17-6-8-2-1-3-16-5-8/h4,7-8,16H,1-3,5-6H2,(H,17,18). The molecule has 9 heteroatoms. The minimum Gasteiger partial charge on any atom is -0.379 e. The van der Waals surface area contributed by atoms with Crippen molar-refractivity contribution >= 4 is 11.4 Å². The van der Waals surface area contributed by atoms with Crippen LogP contribution in [0.3, 0.4) is 0 Å². The third kappa shape index (κ3) is 4.03. The Labute approximate surface area is 118 Å². The Morgan fingerprint density at radius 1 is 1.52 bits per heavy atom. The highest BCUT2D eigenvalue weighted by atomic mass is 19.4. The van der Waals surface area contributed by atoms with Gasteiger partial charge >= 0.3 is 11.9 Å². The summed E-state index contributed by atoms with van der Waals surface area (Å²) in [5.74, 6) is 0.237. The molecule has 6 nitrogen and oxygen atoms in total. The van der Waals surface area contributed by atoms with Gasteiger partial charge in [0.1, 0.15) is 17.6 Å². The molecule has 116 valence electrons. The Bertz CT molecular complexity index is 516. The lowest BCUT2D eigenvalue weighted by Gasteiger charge is -2.23. The molecule has 2 rings (SSSR count). The van der Waals surface area contributed by atoms with E-state index in [1.807, 2.05) is 0 Å². The predicted molar refractivity (Wildman–Crippen MR) is 70.0 cm³/mol. The van der Waals surface area contributed by atoms with Crippen LogP contribution in [0.15, 0.2) is 12.3 Å². The van der Waals surface area contributed by atoms with Crippen molar-refractivity contribution in [2.24, 2.45) is 5.92 Å². The number of hydrogen-bond acceptors (Lipinski definition) is 5. The second-order valence-electron chi connectivity index (χ2n) is 4.93. The Hall–Kier alpha value is -1.90. The van der Waals surface area contributed by atoms with Crippen molar-refractivity contribution in [1.82, 2.24) is 10.3 Å². The number of nitro groups is 1. The monoisotopic (exact) mass is 304 g/mol. The molecule has 0 radical (unpaired) electrons. The van der Waals surface area contributed by atoms with Gasteiger partial charge in [0, 0.05) is 6.54 Å². The molecule has 1 aromatic heterocycles. The number of aromatic nitrogens is 1. The summed E-state index contributed by atoms with van der Waals surface area (Å²) in [5.41, 5.74) is -1.74. The van der Waals surface area contributed by atoms with Crippen LogP contribution in [0.25, 0.3) is 0 Å². The van der Waals surface area contributed by atoms with Gasteiger partial charge in [-0.2, -0.15) is 13.2 Å². The molecule has 1 atom stereocenters. The molecule has 1 saturated heterocycles. The molecule has 0 bridgehead atoms. The lowest BCUT2D eigenvalue weighted by Crippen LogP contribution is -2.33. The van der Waals surface area contributed by atoms with Gasteiger partial charge in [0.05, 0.1) is 4.92 Å². The number of rotatable bonds is 4. The van der Waals surface area contributed by atoms with Gasteiger partial charge in [0.15, 0.2) is 0 Å². The molecule has 1 unspecified atom stereocenters. The molecule has 2 N–H and O–H groups in total. The van der Waals surface area contributed by atoms with Crippen LogP contribution in [-0.4, -0.2) is 29.5 Å². The summed E-state index contributed by atoms with van der Waals surface area (Å²) in [4.78, 5) is 13.2. The van der Waals surface area contributed by atoms with E-state index >= 15 is 0 Å². The van der Waals surface area contributed by atoms with E-state index in [0.29, 0.717) is 18.8 Å². The van der Waals surface area contributed by atoms with Gasteiger partial charge in [-0.05, 0) is 37.9 Å². The summed E-state index contributed by atoms with van der Waals surface area (Å²) in [5, 5.41) is 16.8. The first kappa shape index (κ1) is 15.5. The molecule has 0 saturated carbocycles. The maximum absolute atomic E-state index is 12.6. The van der Waals surface area contributed by atoms with Crippen molar-refractivity contribution in [1.29, 1.82) is 0 Å². The van der Waals surface area contributed by atoms with Crippen molar-refractivity contribution in [3.05, 3.63) is 28.1 Å². The van der Waals surface area contributed by atoms with E-state index in [-0.39, 0.29) is 11.6 Å². The van der Waals surface area contributed by atoms with Crippen LogP contribution >= 0.6 is 0 Å². The second kappa shape index (κ2) is 6.25. The fourth-order valence-electron chi connectivity index (χ4n) is 2.24. The van der Waals surface area contributed by atoms with Gasteiger partial charge in [0.25, 0.3) is 0 Å². The molecule has 0 aromatic carbocycles. The van der Waals surface area contributed by atoms with Gasteiger partial charge in [0.2, 0.25) is 0 Å². The van der Waals surface area contributed by atoms with E-state index in [2.05, 4.69) is 15.6 Å². The first-order valence-electron chi connectivity index (χ1n) is 6.54. The molecular weight excluding hydrogens is 289 g/mol. The minimum absolute atomic E-state index is 0.145. The van der Waals surface area contributed by atoms with E-state index in [4.69, 9.17) is 0 Å². The van der Waals surface area contributed by atoms with Crippen LogP contribution in [0.2, 0.25) is 0 Å². The number of alkyl halides is 3.